The summed E-state index contributed by atoms with van der Waals surface area (Å²) in [7, 11) is 0. The van der Waals surface area contributed by atoms with Crippen molar-refractivity contribution >= 4 is 35.7 Å². The van der Waals surface area contributed by atoms with Gasteiger partial charge in [0.25, 0.3) is 5.91 Å². The van der Waals surface area contributed by atoms with E-state index in [9.17, 15) is 19.2 Å². The summed E-state index contributed by atoms with van der Waals surface area (Å²) < 4.78 is 15.6. The lowest BCUT2D eigenvalue weighted by Crippen LogP contribution is -2.70. The summed E-state index contributed by atoms with van der Waals surface area (Å²) in [6, 6.07) is -0.873. The number of ether oxygens (including phenoxy) is 3. The number of fused-ring (bicyclic) bond motifs is 1. The Labute approximate surface area is 207 Å². The van der Waals surface area contributed by atoms with Crippen LogP contribution >= 0.6 is 11.8 Å². The van der Waals surface area contributed by atoms with Crippen molar-refractivity contribution < 1.29 is 38.5 Å². The molecule has 0 aromatic carbocycles. The van der Waals surface area contributed by atoms with Crippen LogP contribution in [0.3, 0.4) is 0 Å². The molecule has 0 radical (unpaired) electrons. The van der Waals surface area contributed by atoms with E-state index in [0.717, 1.165) is 0 Å². The Morgan fingerprint density at radius 3 is 2.60 bits per heavy atom. The summed E-state index contributed by atoms with van der Waals surface area (Å²) >= 11 is 1.32. The molecule has 0 bridgehead atoms. The molecule has 2 heterocycles. The van der Waals surface area contributed by atoms with Gasteiger partial charge in [0.05, 0.1) is 18.9 Å². The normalized spacial score (nSPS) is 20.0. The van der Waals surface area contributed by atoms with Gasteiger partial charge in [-0.2, -0.15) is 0 Å². The lowest BCUT2D eigenvalue weighted by Gasteiger charge is -2.49. The molecule has 0 aliphatic carbocycles. The first kappa shape index (κ1) is 28.3. The van der Waals surface area contributed by atoms with Crippen LogP contribution < -0.4 is 16.9 Å². The van der Waals surface area contributed by atoms with Crippen LogP contribution in [0.1, 0.15) is 34.1 Å². The summed E-state index contributed by atoms with van der Waals surface area (Å²) in [5, 5.41) is 12.2. The molecule has 196 valence electrons. The van der Waals surface area contributed by atoms with E-state index < -0.39 is 41.0 Å². The zero-order valence-electron chi connectivity index (χ0n) is 20.2. The minimum absolute atomic E-state index is 0.00346. The van der Waals surface area contributed by atoms with Crippen LogP contribution in [0.5, 0.6) is 0 Å². The Bertz CT molecular complexity index is 901. The van der Waals surface area contributed by atoms with Gasteiger partial charge >= 0.3 is 18.0 Å². The number of hydrogen-bond acceptors (Lipinski definition) is 12. The highest BCUT2D eigenvalue weighted by Gasteiger charge is 2.54. The Balaban J connectivity index is 2.06. The number of carbonyl (C=O) groups is 4. The topological polar surface area (TPSA) is 187 Å². The molecule has 2 aliphatic heterocycles. The van der Waals surface area contributed by atoms with Crippen LogP contribution in [0.2, 0.25) is 0 Å². The molecule has 1 fully saturated rings. The molecule has 35 heavy (non-hydrogen) atoms. The maximum Gasteiger partial charge on any atom is 0.408 e. The molecule has 2 aliphatic rings. The van der Waals surface area contributed by atoms with Crippen LogP contribution in [0.25, 0.3) is 0 Å². The van der Waals surface area contributed by atoms with E-state index in [1.165, 1.54) is 34.8 Å². The Morgan fingerprint density at radius 2 is 2.00 bits per heavy atom. The number of nitrogens with zero attached hydrogens (tertiary/aromatic N) is 2. The van der Waals surface area contributed by atoms with E-state index in [1.807, 2.05) is 0 Å². The van der Waals surface area contributed by atoms with Crippen molar-refractivity contribution in [2.75, 3.05) is 32.1 Å². The van der Waals surface area contributed by atoms with Gasteiger partial charge in [-0.1, -0.05) is 0 Å². The molecule has 13 nitrogen and oxygen atoms in total. The standard InChI is InChI=1S/C21H33N5O8S/c1-12(28)33-10-13-11-35-18-15(24-20(31)34-21(2,3)4)17(29)26(18)16(13)19(30)32-7-5-6-25(23)8-14(22)9-27/h8,15,18,27H,5-7,9-11,22-23H2,1-4H3,(H,24,31)/b14-8-/t15-,18-/m1/s1. The number of amides is 2. The third-order valence-electron chi connectivity index (χ3n) is 4.67. The fourth-order valence-corrected chi connectivity index (χ4v) is 4.53. The van der Waals surface area contributed by atoms with Crippen molar-refractivity contribution in [2.24, 2.45) is 11.6 Å². The highest BCUT2D eigenvalue weighted by Crippen LogP contribution is 2.40. The first-order valence-corrected chi connectivity index (χ1v) is 11.9. The van der Waals surface area contributed by atoms with E-state index in [1.54, 1.807) is 20.8 Å². The lowest BCUT2D eigenvalue weighted by atomic mass is 10.0. The average molecular weight is 516 g/mol. The van der Waals surface area contributed by atoms with Crippen molar-refractivity contribution in [3.8, 4) is 0 Å². The molecule has 0 aromatic heterocycles. The monoisotopic (exact) mass is 515 g/mol. The second-order valence-electron chi connectivity index (χ2n) is 8.86. The third-order valence-corrected chi connectivity index (χ3v) is 6.01. The van der Waals surface area contributed by atoms with E-state index >= 15 is 0 Å². The summed E-state index contributed by atoms with van der Waals surface area (Å²) in [4.78, 5) is 50.5. The highest BCUT2D eigenvalue weighted by molar-refractivity contribution is 8.00. The van der Waals surface area contributed by atoms with Gasteiger partial charge in [0, 0.05) is 37.4 Å². The predicted octanol–water partition coefficient (Wildman–Crippen LogP) is -0.487. The average Bonchev–Trinajstić information content (AvgIpc) is 2.76. The fourth-order valence-electron chi connectivity index (χ4n) is 3.20. The van der Waals surface area contributed by atoms with Gasteiger partial charge in [-0.05, 0) is 20.8 Å². The third kappa shape index (κ3) is 8.04. The summed E-state index contributed by atoms with van der Waals surface area (Å²) in [5.41, 5.74) is 5.37. The number of aliphatic hydroxyl groups excluding tert-OH is 1. The second kappa shape index (κ2) is 12.1. The van der Waals surface area contributed by atoms with Gasteiger partial charge in [-0.25, -0.2) is 15.4 Å². The van der Waals surface area contributed by atoms with Crippen molar-refractivity contribution in [2.45, 2.75) is 51.1 Å². The molecule has 1 saturated heterocycles. The van der Waals surface area contributed by atoms with Crippen LogP contribution in [-0.4, -0.2) is 88.1 Å². The van der Waals surface area contributed by atoms with Crippen molar-refractivity contribution in [3.63, 3.8) is 0 Å². The van der Waals surface area contributed by atoms with Gasteiger partial charge < -0.3 is 35.4 Å². The first-order valence-electron chi connectivity index (χ1n) is 10.9. The van der Waals surface area contributed by atoms with Crippen LogP contribution in [-0.2, 0) is 28.6 Å². The van der Waals surface area contributed by atoms with Crippen LogP contribution in [0.15, 0.2) is 23.2 Å². The Kier molecular flexibility index (Phi) is 9.80. The minimum Gasteiger partial charge on any atom is -0.461 e. The largest absolute Gasteiger partial charge is 0.461 e. The van der Waals surface area contributed by atoms with Gasteiger partial charge in [0.2, 0.25) is 0 Å². The molecule has 14 heteroatoms. The zero-order chi connectivity index (χ0) is 26.3. The van der Waals surface area contributed by atoms with Crippen molar-refractivity contribution in [1.29, 1.82) is 0 Å². The molecule has 2 amide bonds. The van der Waals surface area contributed by atoms with E-state index in [4.69, 9.17) is 30.9 Å². The number of esters is 2. The number of β-lactam (4-membered cyclic amide) rings is 1. The van der Waals surface area contributed by atoms with E-state index in [0.29, 0.717) is 17.7 Å². The first-order chi connectivity index (χ1) is 16.3. The second-order valence-corrected chi connectivity index (χ2v) is 9.96. The fraction of sp³-hybridized carbons (Fsp3) is 0.619. The number of nitrogens with two attached hydrogens (primary N) is 2. The molecular formula is C21H33N5O8S. The number of rotatable bonds is 10. The molecule has 6 N–H and O–H groups in total. The Morgan fingerprint density at radius 1 is 1.31 bits per heavy atom. The highest BCUT2D eigenvalue weighted by atomic mass is 32.2. The molecule has 2 rings (SSSR count). The minimum atomic E-state index is -0.873. The van der Waals surface area contributed by atoms with Gasteiger partial charge in [0.1, 0.15) is 29.3 Å². The number of hydrogen-bond donors (Lipinski definition) is 4. The maximum atomic E-state index is 12.9. The molecule has 0 saturated carbocycles. The molecule has 0 spiro atoms. The smallest absolute Gasteiger partial charge is 0.408 e. The maximum absolute atomic E-state index is 12.9. The lowest BCUT2D eigenvalue weighted by molar-refractivity contribution is -0.152. The molecule has 0 unspecified atom stereocenters. The zero-order valence-corrected chi connectivity index (χ0v) is 21.1. The Hall–Kier alpha value is -2.97. The van der Waals surface area contributed by atoms with Crippen LogP contribution in [0, 0.1) is 0 Å². The number of aliphatic hydroxyl groups is 1. The number of hydrazine groups is 1. The summed E-state index contributed by atoms with van der Waals surface area (Å²) in [6.45, 7) is 6.12. The van der Waals surface area contributed by atoms with Crippen molar-refractivity contribution in [3.05, 3.63) is 23.2 Å². The summed E-state index contributed by atoms with van der Waals surface area (Å²) in [6.07, 6.45) is 0.970. The van der Waals surface area contributed by atoms with Gasteiger partial charge in [0.15, 0.2) is 0 Å². The predicted molar refractivity (Wildman–Crippen MR) is 126 cm³/mol. The van der Waals surface area contributed by atoms with E-state index in [2.05, 4.69) is 5.32 Å². The number of nitrogens with one attached hydrogen (secondary N) is 1. The number of alkyl carbamates (subject to hydrolysis) is 1. The molecular weight excluding hydrogens is 482 g/mol. The van der Waals surface area contributed by atoms with Crippen LogP contribution in [0.4, 0.5) is 4.79 Å². The van der Waals surface area contributed by atoms with E-state index in [-0.39, 0.29) is 37.8 Å². The van der Waals surface area contributed by atoms with Gasteiger partial charge in [-0.15, -0.1) is 11.8 Å². The molecule has 0 aromatic rings. The summed E-state index contributed by atoms with van der Waals surface area (Å²) in [5.74, 6) is 4.23. The number of thioether (sulfide) groups is 1. The quantitative estimate of drug-likeness (QED) is 0.0731. The van der Waals surface area contributed by atoms with Crippen molar-refractivity contribution in [1.82, 2.24) is 15.2 Å². The van der Waals surface area contributed by atoms with Gasteiger partial charge in [-0.3, -0.25) is 14.5 Å². The SMILES string of the molecule is CC(=O)OCC1=C(C(=O)OCCCN(N)/C=C(\N)CO)N2C(=O)[C@@H](NC(=O)OC(C)(C)C)[C@H]2SC1. The molecule has 2 atom stereocenters. The number of carbonyl (C=O) groups excluding carboxylic acids is 4.